The quantitative estimate of drug-likeness (QED) is 0.444. The normalized spacial score (nSPS) is 43.7. The number of carbonyl (C=O) groups is 2. The third kappa shape index (κ3) is 3.45. The average Bonchev–Trinajstić information content (AvgIpc) is 3.00. The first-order chi connectivity index (χ1) is 13.8. The van der Waals surface area contributed by atoms with Crippen LogP contribution in [0.2, 0.25) is 0 Å². The van der Waals surface area contributed by atoms with Gasteiger partial charge in [-0.25, -0.2) is 0 Å². The van der Waals surface area contributed by atoms with E-state index in [4.69, 9.17) is 21.1 Å². The number of halogens is 1. The van der Waals surface area contributed by atoms with Crippen LogP contribution in [0.5, 0.6) is 0 Å². The van der Waals surface area contributed by atoms with Gasteiger partial charge < -0.3 is 9.47 Å². The molecule has 0 radical (unpaired) electrons. The fourth-order valence-electron chi connectivity index (χ4n) is 7.44. The Balaban J connectivity index is 1.61. The Labute approximate surface area is 179 Å². The van der Waals surface area contributed by atoms with Gasteiger partial charge in [-0.3, -0.25) is 9.59 Å². The lowest BCUT2D eigenvalue weighted by molar-refractivity contribution is -0.154. The second-order valence-electron chi connectivity index (χ2n) is 9.85. The van der Waals surface area contributed by atoms with E-state index in [1.807, 2.05) is 0 Å². The van der Waals surface area contributed by atoms with Crippen LogP contribution in [0.25, 0.3) is 0 Å². The van der Waals surface area contributed by atoms with E-state index in [1.54, 1.807) is 5.54 Å². The lowest BCUT2D eigenvalue weighted by atomic mass is 9.47. The Morgan fingerprint density at radius 2 is 1.83 bits per heavy atom. The molecule has 4 aliphatic rings. The maximum absolute atomic E-state index is 11.7. The number of carbonyl (C=O) groups excluding carboxylic acids is 2. The number of fused-ring (bicyclic) bond motifs is 5. The van der Waals surface area contributed by atoms with E-state index in [1.165, 1.54) is 19.4 Å². The molecule has 0 aromatic carbocycles. The molecule has 0 aliphatic heterocycles. The monoisotopic (exact) mass is 420 g/mol. The molecule has 0 amide bonds. The highest BCUT2D eigenvalue weighted by atomic mass is 35.5. The third-order valence-electron chi connectivity index (χ3n) is 8.59. The van der Waals surface area contributed by atoms with Crippen molar-refractivity contribution >= 4 is 23.5 Å². The summed E-state index contributed by atoms with van der Waals surface area (Å²) in [6, 6.07) is 0. The van der Waals surface area contributed by atoms with Gasteiger partial charge in [0.15, 0.2) is 0 Å². The van der Waals surface area contributed by atoms with Gasteiger partial charge in [0, 0.05) is 31.2 Å². The first kappa shape index (κ1) is 21.0. The van der Waals surface area contributed by atoms with E-state index < -0.39 is 0 Å². The van der Waals surface area contributed by atoms with Crippen molar-refractivity contribution in [1.29, 1.82) is 0 Å². The van der Waals surface area contributed by atoms with Crippen molar-refractivity contribution in [2.75, 3.05) is 0 Å². The molecule has 2 unspecified atom stereocenters. The number of hydrogen-bond donors (Lipinski definition) is 0. The van der Waals surface area contributed by atoms with E-state index in [0.29, 0.717) is 17.8 Å². The molecule has 29 heavy (non-hydrogen) atoms. The maximum atomic E-state index is 11.7. The molecule has 4 aliphatic carbocycles. The zero-order valence-corrected chi connectivity index (χ0v) is 18.5. The second kappa shape index (κ2) is 7.76. The molecular weight excluding hydrogens is 388 g/mol. The minimum absolute atomic E-state index is 0.0325. The third-order valence-corrected chi connectivity index (χ3v) is 8.71. The minimum Gasteiger partial charge on any atom is -0.462 e. The molecule has 4 nitrogen and oxygen atoms in total. The zero-order chi connectivity index (χ0) is 20.8. The number of allylic oxidation sites excluding steroid dienone is 1. The molecule has 0 aromatic rings. The molecule has 0 aromatic heterocycles. The van der Waals surface area contributed by atoms with E-state index in [2.05, 4.69) is 19.1 Å². The van der Waals surface area contributed by atoms with Crippen LogP contribution in [0.15, 0.2) is 23.3 Å². The molecule has 5 heteroatoms. The van der Waals surface area contributed by atoms with Gasteiger partial charge >= 0.3 is 11.9 Å². The molecule has 4 rings (SSSR count). The van der Waals surface area contributed by atoms with E-state index in [-0.39, 0.29) is 35.0 Å². The largest absolute Gasteiger partial charge is 0.462 e. The van der Waals surface area contributed by atoms with Crippen LogP contribution in [0.1, 0.15) is 72.1 Å². The summed E-state index contributed by atoms with van der Waals surface area (Å²) in [6.45, 7) is 5.45. The predicted octanol–water partition coefficient (Wildman–Crippen LogP) is 5.55. The first-order valence-corrected chi connectivity index (χ1v) is 11.6. The van der Waals surface area contributed by atoms with Crippen LogP contribution in [0.4, 0.5) is 0 Å². The van der Waals surface area contributed by atoms with Gasteiger partial charge in [-0.05, 0) is 68.1 Å². The molecule has 0 saturated heterocycles. The second-order valence-corrected chi connectivity index (χ2v) is 10.1. The summed E-state index contributed by atoms with van der Waals surface area (Å²) in [6.07, 6.45) is 12.7. The first-order valence-electron chi connectivity index (χ1n) is 11.1. The Bertz CT molecular complexity index is 743. The Kier molecular flexibility index (Phi) is 5.61. The van der Waals surface area contributed by atoms with Gasteiger partial charge in [0.1, 0.15) is 12.2 Å². The van der Waals surface area contributed by atoms with Crippen molar-refractivity contribution in [3.8, 4) is 0 Å². The number of hydrogen-bond acceptors (Lipinski definition) is 4. The highest BCUT2D eigenvalue weighted by Gasteiger charge is 2.60. The van der Waals surface area contributed by atoms with Crippen LogP contribution in [0, 0.1) is 28.6 Å². The maximum Gasteiger partial charge on any atom is 0.302 e. The minimum atomic E-state index is -0.193. The van der Waals surface area contributed by atoms with Gasteiger partial charge in [-0.1, -0.05) is 36.2 Å². The Hall–Kier alpha value is -1.29. The van der Waals surface area contributed by atoms with Gasteiger partial charge in [0.25, 0.3) is 0 Å². The zero-order valence-electron chi connectivity index (χ0n) is 17.8. The van der Waals surface area contributed by atoms with E-state index in [9.17, 15) is 9.59 Å². The van der Waals surface area contributed by atoms with Crippen LogP contribution >= 0.6 is 11.6 Å². The van der Waals surface area contributed by atoms with Gasteiger partial charge in [0.05, 0.1) is 0 Å². The van der Waals surface area contributed by atoms with Gasteiger partial charge in [0.2, 0.25) is 0 Å². The van der Waals surface area contributed by atoms with Crippen LogP contribution in [-0.4, -0.2) is 24.1 Å². The summed E-state index contributed by atoms with van der Waals surface area (Å²) >= 11 is 6.09. The molecule has 3 saturated carbocycles. The summed E-state index contributed by atoms with van der Waals surface area (Å²) in [5.74, 6) is 1.36. The summed E-state index contributed by atoms with van der Waals surface area (Å²) < 4.78 is 11.3. The molecule has 0 spiro atoms. The fourth-order valence-corrected chi connectivity index (χ4v) is 7.68. The lowest BCUT2D eigenvalue weighted by Crippen LogP contribution is -2.52. The van der Waals surface area contributed by atoms with Crippen LogP contribution in [-0.2, 0) is 19.1 Å². The molecule has 0 N–H and O–H groups in total. The highest BCUT2D eigenvalue weighted by Crippen LogP contribution is 2.66. The Morgan fingerprint density at radius 1 is 1.07 bits per heavy atom. The summed E-state index contributed by atoms with van der Waals surface area (Å²) in [5, 5.41) is 0. The molecule has 0 bridgehead atoms. The number of rotatable bonds is 3. The smallest absolute Gasteiger partial charge is 0.302 e. The Morgan fingerprint density at radius 3 is 2.52 bits per heavy atom. The van der Waals surface area contributed by atoms with Crippen molar-refractivity contribution < 1.29 is 19.1 Å². The van der Waals surface area contributed by atoms with E-state index >= 15 is 0 Å². The lowest BCUT2D eigenvalue weighted by Gasteiger charge is -2.57. The number of ether oxygens (including phenoxy) is 2. The fraction of sp³-hybridized carbons (Fsp3) is 0.750. The van der Waals surface area contributed by atoms with Gasteiger partial charge in [-0.15, -0.1) is 0 Å². The van der Waals surface area contributed by atoms with Crippen molar-refractivity contribution in [3.63, 3.8) is 0 Å². The molecule has 160 valence electrons. The highest BCUT2D eigenvalue weighted by molar-refractivity contribution is 6.25. The predicted molar refractivity (Wildman–Crippen MR) is 112 cm³/mol. The summed E-state index contributed by atoms with van der Waals surface area (Å²) in [4.78, 5) is 23.1. The average molecular weight is 421 g/mol. The van der Waals surface area contributed by atoms with Crippen molar-refractivity contribution in [2.24, 2.45) is 28.6 Å². The SMILES string of the molecule is CC(=O)O[C@H]1CCC2(C)C(=CC[C@@H]3[C@@H]2CCC2(C=CCl)[C@@H](OC(C)=O)CC[C@@H]32)C1. The van der Waals surface area contributed by atoms with E-state index in [0.717, 1.165) is 51.4 Å². The number of esters is 2. The molecule has 7 atom stereocenters. The molecule has 3 fully saturated rings. The van der Waals surface area contributed by atoms with Crippen molar-refractivity contribution in [1.82, 2.24) is 0 Å². The van der Waals surface area contributed by atoms with Gasteiger partial charge in [-0.2, -0.15) is 0 Å². The van der Waals surface area contributed by atoms with Crippen LogP contribution < -0.4 is 0 Å². The molecule has 0 heterocycles. The topological polar surface area (TPSA) is 52.6 Å². The summed E-state index contributed by atoms with van der Waals surface area (Å²) in [7, 11) is 0. The molecular formula is C24H33ClO4. The van der Waals surface area contributed by atoms with Crippen molar-refractivity contribution in [3.05, 3.63) is 23.3 Å². The van der Waals surface area contributed by atoms with Crippen molar-refractivity contribution in [2.45, 2.75) is 84.3 Å². The standard InChI is InChI=1S/C24H33ClO4/c1-15(26)28-18-8-10-23(3)17(14-18)4-5-19-20(23)9-11-24(12-13-25)21(19)6-7-22(24)29-16(2)27/h4,12-13,18-22H,5-11,14H2,1-3H3/t18-,19+,20-,21-,22-,23?,24?/m0/s1. The van der Waals surface area contributed by atoms with Crippen LogP contribution in [0.3, 0.4) is 0 Å². The summed E-state index contributed by atoms with van der Waals surface area (Å²) in [5.41, 5.74) is 3.21.